The summed E-state index contributed by atoms with van der Waals surface area (Å²) in [6.45, 7) is 16.2. The van der Waals surface area contributed by atoms with Crippen LogP contribution >= 0.6 is 0 Å². The number of carbonyl (C=O) groups excluding carboxylic acids is 3. The highest BCUT2D eigenvalue weighted by Crippen LogP contribution is 2.37. The van der Waals surface area contributed by atoms with Gasteiger partial charge in [-0.25, -0.2) is 0 Å². The summed E-state index contributed by atoms with van der Waals surface area (Å²) in [4.78, 5) is 36.9. The van der Waals surface area contributed by atoms with Gasteiger partial charge in [-0.05, 0) is 101 Å². The molecule has 3 rings (SSSR count). The maximum absolute atomic E-state index is 12.8. The highest BCUT2D eigenvalue weighted by Gasteiger charge is 2.33. The number of benzene rings is 1. The smallest absolute Gasteiger partial charge is 0.163 e. The Kier molecular flexibility index (Phi) is 15.6. The Morgan fingerprint density at radius 3 is 2.11 bits per heavy atom. The summed E-state index contributed by atoms with van der Waals surface area (Å²) in [6, 6.07) is 4.15. The zero-order chi connectivity index (χ0) is 28.0. The monoisotopic (exact) mass is 510 g/mol. The van der Waals surface area contributed by atoms with Gasteiger partial charge in [-0.1, -0.05) is 70.7 Å². The Bertz CT molecular complexity index is 908. The summed E-state index contributed by atoms with van der Waals surface area (Å²) in [5, 5.41) is 0. The number of fused-ring (bicyclic) bond motifs is 1. The van der Waals surface area contributed by atoms with Gasteiger partial charge < -0.3 is 0 Å². The van der Waals surface area contributed by atoms with Crippen LogP contribution in [-0.4, -0.2) is 17.3 Å². The van der Waals surface area contributed by atoms with E-state index in [1.54, 1.807) is 5.57 Å². The number of hydrogen-bond acceptors (Lipinski definition) is 3. The summed E-state index contributed by atoms with van der Waals surface area (Å²) in [5.41, 5.74) is 5.99. The molecule has 0 heterocycles. The van der Waals surface area contributed by atoms with E-state index < -0.39 is 0 Å². The van der Waals surface area contributed by atoms with Crippen LogP contribution in [-0.2, 0) is 16.0 Å². The number of rotatable bonds is 9. The van der Waals surface area contributed by atoms with Crippen LogP contribution in [0.25, 0.3) is 0 Å². The second-order valence-corrected chi connectivity index (χ2v) is 11.4. The number of carbonyl (C=O) groups is 3. The number of Topliss-reactive ketones (excluding diaryl/α,β-unsaturated/α-hetero) is 3. The third kappa shape index (κ3) is 11.1. The van der Waals surface area contributed by atoms with Gasteiger partial charge in [0.1, 0.15) is 11.6 Å². The van der Waals surface area contributed by atoms with E-state index in [1.165, 1.54) is 50.2 Å². The lowest BCUT2D eigenvalue weighted by Gasteiger charge is -2.32. The molecule has 0 saturated carbocycles. The van der Waals surface area contributed by atoms with E-state index in [0.717, 1.165) is 43.2 Å². The number of ketones is 3. The molecule has 0 fully saturated rings. The van der Waals surface area contributed by atoms with Crippen LogP contribution in [0.4, 0.5) is 0 Å². The molecule has 1 aromatic carbocycles. The fourth-order valence-electron chi connectivity index (χ4n) is 5.89. The lowest BCUT2D eigenvalue weighted by molar-refractivity contribution is -0.129. The Hall–Kier alpha value is -2.03. The van der Waals surface area contributed by atoms with Crippen molar-refractivity contribution in [1.82, 2.24) is 0 Å². The lowest BCUT2D eigenvalue weighted by Crippen LogP contribution is -2.30. The van der Waals surface area contributed by atoms with Gasteiger partial charge in [-0.15, -0.1) is 0 Å². The van der Waals surface area contributed by atoms with E-state index in [-0.39, 0.29) is 35.6 Å². The zero-order valence-electron chi connectivity index (χ0n) is 25.2. The molecule has 208 valence electrons. The van der Waals surface area contributed by atoms with Gasteiger partial charge in [0.15, 0.2) is 5.78 Å². The zero-order valence-corrected chi connectivity index (χ0v) is 25.2. The van der Waals surface area contributed by atoms with Crippen molar-refractivity contribution in [3.05, 3.63) is 46.0 Å². The van der Waals surface area contributed by atoms with Crippen molar-refractivity contribution in [3.63, 3.8) is 0 Å². The maximum Gasteiger partial charge on any atom is 0.163 e. The van der Waals surface area contributed by atoms with Crippen molar-refractivity contribution in [1.29, 1.82) is 0 Å². The Labute approximate surface area is 227 Å². The van der Waals surface area contributed by atoms with E-state index >= 15 is 0 Å². The molecule has 2 aliphatic carbocycles. The van der Waals surface area contributed by atoms with Crippen LogP contribution in [0.15, 0.2) is 23.8 Å². The Balaban J connectivity index is 0.000000572. The van der Waals surface area contributed by atoms with Gasteiger partial charge in [0, 0.05) is 17.9 Å². The first-order valence-corrected chi connectivity index (χ1v) is 14.9. The number of aryl methyl sites for hydroxylation is 2. The first-order valence-electron chi connectivity index (χ1n) is 14.9. The second-order valence-electron chi connectivity index (χ2n) is 11.4. The summed E-state index contributed by atoms with van der Waals surface area (Å²) >= 11 is 0. The Morgan fingerprint density at radius 2 is 1.62 bits per heavy atom. The van der Waals surface area contributed by atoms with Gasteiger partial charge in [0.2, 0.25) is 0 Å². The summed E-state index contributed by atoms with van der Waals surface area (Å²) < 4.78 is 0. The topological polar surface area (TPSA) is 51.2 Å². The molecule has 3 atom stereocenters. The summed E-state index contributed by atoms with van der Waals surface area (Å²) in [5.74, 6) is 0.766. The average Bonchev–Trinajstić information content (AvgIpc) is 2.83. The molecule has 0 bridgehead atoms. The van der Waals surface area contributed by atoms with Gasteiger partial charge in [0.05, 0.1) is 6.42 Å². The maximum atomic E-state index is 12.8. The van der Waals surface area contributed by atoms with E-state index in [2.05, 4.69) is 46.8 Å². The van der Waals surface area contributed by atoms with Crippen molar-refractivity contribution in [2.45, 2.75) is 132 Å². The molecule has 0 radical (unpaired) electrons. The molecule has 37 heavy (non-hydrogen) atoms. The SMILES string of the molecule is CC1=CCCCC1.CCC.CCCC(CC1CC(=O)c2c(C)ccc(C)c2C1)C(CC)C(=O)CC(C)=O. The predicted octanol–water partition coefficient (Wildman–Crippen LogP) is 9.35. The van der Waals surface area contributed by atoms with E-state index in [9.17, 15) is 14.4 Å². The van der Waals surface area contributed by atoms with Crippen LogP contribution in [0, 0.1) is 31.6 Å². The van der Waals surface area contributed by atoms with Crippen molar-refractivity contribution in [2.24, 2.45) is 17.8 Å². The van der Waals surface area contributed by atoms with E-state index in [1.807, 2.05) is 19.9 Å². The second kappa shape index (κ2) is 17.5. The molecule has 2 aliphatic rings. The predicted molar refractivity (Wildman–Crippen MR) is 157 cm³/mol. The standard InChI is InChI=1S/C24H34O3.C7H12.C3H8/c1-6-8-19(20(7-2)22(26)11-17(5)25)12-18-13-21-15(3)9-10-16(4)24(21)23(27)14-18;1-7-5-3-2-4-6-7;1-3-2/h9-10,18-20H,6-8,11-14H2,1-5H3;5H,2-4,6H2,1H3;3H2,1-2H3. The minimum absolute atomic E-state index is 0.0451. The Morgan fingerprint density at radius 1 is 0.973 bits per heavy atom. The van der Waals surface area contributed by atoms with Crippen LogP contribution < -0.4 is 0 Å². The lowest BCUT2D eigenvalue weighted by atomic mass is 9.71. The molecule has 3 unspecified atom stereocenters. The normalized spacial score (nSPS) is 18.2. The van der Waals surface area contributed by atoms with Gasteiger partial charge >= 0.3 is 0 Å². The van der Waals surface area contributed by atoms with E-state index in [0.29, 0.717) is 12.3 Å². The average molecular weight is 511 g/mol. The van der Waals surface area contributed by atoms with Gasteiger partial charge in [0.25, 0.3) is 0 Å². The van der Waals surface area contributed by atoms with Gasteiger partial charge in [-0.3, -0.25) is 14.4 Å². The van der Waals surface area contributed by atoms with Gasteiger partial charge in [-0.2, -0.15) is 0 Å². The third-order valence-corrected chi connectivity index (χ3v) is 7.66. The first kappa shape index (κ1) is 33.0. The van der Waals surface area contributed by atoms with Crippen LogP contribution in [0.3, 0.4) is 0 Å². The molecule has 0 spiro atoms. The van der Waals surface area contributed by atoms with Crippen molar-refractivity contribution in [3.8, 4) is 0 Å². The minimum Gasteiger partial charge on any atom is -0.300 e. The molecule has 0 aliphatic heterocycles. The fourth-order valence-corrected chi connectivity index (χ4v) is 5.89. The third-order valence-electron chi connectivity index (χ3n) is 7.66. The molecule has 0 N–H and O–H groups in total. The fraction of sp³-hybridized carbons (Fsp3) is 0.676. The quantitative estimate of drug-likeness (QED) is 0.245. The molecule has 0 saturated heterocycles. The molecule has 3 nitrogen and oxygen atoms in total. The number of allylic oxidation sites excluding steroid dienone is 2. The van der Waals surface area contributed by atoms with Crippen molar-refractivity contribution < 1.29 is 14.4 Å². The van der Waals surface area contributed by atoms with Crippen LogP contribution in [0.2, 0.25) is 0 Å². The molecular weight excluding hydrogens is 456 g/mol. The van der Waals surface area contributed by atoms with Crippen molar-refractivity contribution >= 4 is 17.3 Å². The highest BCUT2D eigenvalue weighted by molar-refractivity contribution is 6.00. The molecular formula is C34H54O3. The molecule has 1 aromatic rings. The summed E-state index contributed by atoms with van der Waals surface area (Å²) in [6.07, 6.45) is 14.3. The molecule has 0 amide bonds. The van der Waals surface area contributed by atoms with Crippen molar-refractivity contribution in [2.75, 3.05) is 0 Å². The number of hydrogen-bond donors (Lipinski definition) is 0. The molecule has 3 heteroatoms. The van der Waals surface area contributed by atoms with Crippen LogP contribution in [0.5, 0.6) is 0 Å². The molecule has 0 aromatic heterocycles. The summed E-state index contributed by atoms with van der Waals surface area (Å²) in [7, 11) is 0. The highest BCUT2D eigenvalue weighted by atomic mass is 16.1. The minimum atomic E-state index is -0.0658. The van der Waals surface area contributed by atoms with Crippen LogP contribution in [0.1, 0.15) is 139 Å². The first-order chi connectivity index (χ1) is 17.6. The van der Waals surface area contributed by atoms with E-state index in [4.69, 9.17) is 0 Å². The largest absolute Gasteiger partial charge is 0.300 e.